The normalized spacial score (nSPS) is 15.8. The maximum Gasteiger partial charge on any atom is 0.311 e. The minimum Gasteiger partial charge on any atom is -0.461 e. The van der Waals surface area contributed by atoms with Crippen molar-refractivity contribution in [1.82, 2.24) is 4.90 Å². The highest BCUT2D eigenvalue weighted by Gasteiger charge is 2.30. The average molecular weight is 432 g/mol. The van der Waals surface area contributed by atoms with Crippen molar-refractivity contribution in [1.29, 1.82) is 0 Å². The molecule has 0 saturated carbocycles. The minimum atomic E-state index is -0.362. The third-order valence-electron chi connectivity index (χ3n) is 5.40. The van der Waals surface area contributed by atoms with Crippen LogP contribution < -0.4 is 5.32 Å². The highest BCUT2D eigenvalue weighted by molar-refractivity contribution is 6.04. The maximum atomic E-state index is 12.6. The fourth-order valence-corrected chi connectivity index (χ4v) is 3.66. The highest BCUT2D eigenvalue weighted by Crippen LogP contribution is 2.21. The third kappa shape index (κ3) is 5.24. The standard InChI is InChI=1S/C25H24N2O5/c28-23(26-21-7-2-1-3-8-21)19-12-10-18(11-13-19)17-32-25(30)20-6-4-14-27(16-20)24(29)22-9-5-15-31-22/h1-3,5,7-13,15,20H,4,6,14,16-17H2,(H,26,28)/t20-/m0/s1. The number of nitrogens with one attached hydrogen (secondary N) is 1. The maximum absolute atomic E-state index is 12.6. The number of carbonyl (C=O) groups is 3. The molecule has 0 unspecified atom stereocenters. The van der Waals surface area contributed by atoms with Crippen molar-refractivity contribution >= 4 is 23.5 Å². The zero-order valence-electron chi connectivity index (χ0n) is 17.5. The van der Waals surface area contributed by atoms with Crippen molar-refractivity contribution in [3.63, 3.8) is 0 Å². The molecule has 4 rings (SSSR count). The molecule has 3 aromatic rings. The largest absolute Gasteiger partial charge is 0.461 e. The van der Waals surface area contributed by atoms with Gasteiger partial charge in [0.1, 0.15) is 6.61 Å². The summed E-state index contributed by atoms with van der Waals surface area (Å²) in [6, 6.07) is 19.4. The number of para-hydroxylation sites is 1. The van der Waals surface area contributed by atoms with Crippen LogP contribution in [0.15, 0.2) is 77.4 Å². The molecule has 7 heteroatoms. The Morgan fingerprint density at radius 2 is 1.78 bits per heavy atom. The van der Waals surface area contributed by atoms with Gasteiger partial charge in [-0.25, -0.2) is 0 Å². The second kappa shape index (κ2) is 9.96. The first-order valence-electron chi connectivity index (χ1n) is 10.5. The molecule has 2 amide bonds. The predicted molar refractivity (Wildman–Crippen MR) is 118 cm³/mol. The number of esters is 1. The second-order valence-corrected chi connectivity index (χ2v) is 7.69. The van der Waals surface area contributed by atoms with Crippen LogP contribution in [0.5, 0.6) is 0 Å². The summed E-state index contributed by atoms with van der Waals surface area (Å²) >= 11 is 0. The fourth-order valence-electron chi connectivity index (χ4n) is 3.66. The molecular weight excluding hydrogens is 408 g/mol. The molecule has 0 radical (unpaired) electrons. The third-order valence-corrected chi connectivity index (χ3v) is 5.40. The Morgan fingerprint density at radius 1 is 1.00 bits per heavy atom. The Bertz CT molecular complexity index is 1060. The van der Waals surface area contributed by atoms with Crippen LogP contribution in [-0.4, -0.2) is 35.8 Å². The van der Waals surface area contributed by atoms with Gasteiger partial charge in [0.15, 0.2) is 5.76 Å². The van der Waals surface area contributed by atoms with Gasteiger partial charge in [-0.2, -0.15) is 0 Å². The van der Waals surface area contributed by atoms with Crippen molar-refractivity contribution < 1.29 is 23.5 Å². The summed E-state index contributed by atoms with van der Waals surface area (Å²) in [6.45, 7) is 1.02. The number of furan rings is 1. The molecule has 32 heavy (non-hydrogen) atoms. The number of nitrogens with zero attached hydrogens (tertiary/aromatic N) is 1. The zero-order valence-corrected chi connectivity index (χ0v) is 17.5. The fraction of sp³-hybridized carbons (Fsp3) is 0.240. The topological polar surface area (TPSA) is 88.9 Å². The van der Waals surface area contributed by atoms with E-state index in [2.05, 4.69) is 5.32 Å². The summed E-state index contributed by atoms with van der Waals surface area (Å²) < 4.78 is 10.7. The average Bonchev–Trinajstić information content (AvgIpc) is 3.38. The molecular formula is C25H24N2O5. The van der Waals surface area contributed by atoms with Crippen LogP contribution in [0.1, 0.15) is 39.3 Å². The Balaban J connectivity index is 1.28. The summed E-state index contributed by atoms with van der Waals surface area (Å²) in [6.07, 6.45) is 2.87. The first-order chi connectivity index (χ1) is 15.6. The molecule has 0 bridgehead atoms. The number of ether oxygens (including phenoxy) is 1. The Hall–Kier alpha value is -3.87. The number of likely N-dealkylation sites (tertiary alicyclic amines) is 1. The van der Waals surface area contributed by atoms with Crippen LogP contribution >= 0.6 is 0 Å². The van der Waals surface area contributed by atoms with E-state index in [1.807, 2.05) is 30.3 Å². The molecule has 1 saturated heterocycles. The molecule has 1 atom stereocenters. The number of piperidine rings is 1. The van der Waals surface area contributed by atoms with Gasteiger partial charge in [0.25, 0.3) is 11.8 Å². The van der Waals surface area contributed by atoms with Crippen molar-refractivity contribution in [2.45, 2.75) is 19.4 Å². The van der Waals surface area contributed by atoms with Gasteiger partial charge in [0.05, 0.1) is 12.2 Å². The van der Waals surface area contributed by atoms with E-state index in [0.717, 1.165) is 17.7 Å². The predicted octanol–water partition coefficient (Wildman–Crippen LogP) is 4.13. The number of benzene rings is 2. The molecule has 1 aliphatic rings. The van der Waals surface area contributed by atoms with Crippen molar-refractivity contribution in [3.05, 3.63) is 89.9 Å². The molecule has 0 aliphatic carbocycles. The van der Waals surface area contributed by atoms with Crippen molar-refractivity contribution in [3.8, 4) is 0 Å². The molecule has 1 aromatic heterocycles. The second-order valence-electron chi connectivity index (χ2n) is 7.69. The highest BCUT2D eigenvalue weighted by atomic mass is 16.5. The summed E-state index contributed by atoms with van der Waals surface area (Å²) in [4.78, 5) is 39.0. The SMILES string of the molecule is O=C(Nc1ccccc1)c1ccc(COC(=O)[C@H]2CCCN(C(=O)c3ccco3)C2)cc1. The lowest BCUT2D eigenvalue weighted by molar-refractivity contribution is -0.151. The molecule has 1 aliphatic heterocycles. The lowest BCUT2D eigenvalue weighted by Gasteiger charge is -2.31. The summed E-state index contributed by atoms with van der Waals surface area (Å²) in [5.41, 5.74) is 2.03. The van der Waals surface area contributed by atoms with Crippen LogP contribution in [0.4, 0.5) is 5.69 Å². The Morgan fingerprint density at radius 3 is 2.50 bits per heavy atom. The van der Waals surface area contributed by atoms with Gasteiger partial charge < -0.3 is 19.4 Å². The van der Waals surface area contributed by atoms with Crippen LogP contribution in [0.25, 0.3) is 0 Å². The van der Waals surface area contributed by atoms with Gasteiger partial charge in [0.2, 0.25) is 0 Å². The first-order valence-corrected chi connectivity index (χ1v) is 10.5. The van der Waals surface area contributed by atoms with E-state index in [1.54, 1.807) is 41.3 Å². The molecule has 7 nitrogen and oxygen atoms in total. The van der Waals surface area contributed by atoms with Crippen LogP contribution in [0.2, 0.25) is 0 Å². The number of hydrogen-bond acceptors (Lipinski definition) is 5. The van der Waals surface area contributed by atoms with E-state index in [0.29, 0.717) is 25.1 Å². The molecule has 164 valence electrons. The van der Waals surface area contributed by atoms with Crippen molar-refractivity contribution in [2.75, 3.05) is 18.4 Å². The van der Waals surface area contributed by atoms with E-state index in [-0.39, 0.29) is 36.1 Å². The number of carbonyl (C=O) groups excluding carboxylic acids is 3. The lowest BCUT2D eigenvalue weighted by atomic mass is 9.98. The first kappa shape index (κ1) is 21.4. The number of amides is 2. The Kier molecular flexibility index (Phi) is 6.65. The number of hydrogen-bond donors (Lipinski definition) is 1. The van der Waals surface area contributed by atoms with Gasteiger partial charge >= 0.3 is 5.97 Å². The smallest absolute Gasteiger partial charge is 0.311 e. The zero-order chi connectivity index (χ0) is 22.3. The molecule has 2 heterocycles. The molecule has 2 aromatic carbocycles. The molecule has 1 fully saturated rings. The van der Waals surface area contributed by atoms with Gasteiger partial charge in [0, 0.05) is 24.3 Å². The van der Waals surface area contributed by atoms with Gasteiger partial charge in [-0.1, -0.05) is 30.3 Å². The lowest BCUT2D eigenvalue weighted by Crippen LogP contribution is -2.42. The number of anilines is 1. The van der Waals surface area contributed by atoms with E-state index in [4.69, 9.17) is 9.15 Å². The minimum absolute atomic E-state index is 0.113. The van der Waals surface area contributed by atoms with Crippen molar-refractivity contribution in [2.24, 2.45) is 5.92 Å². The van der Waals surface area contributed by atoms with Crippen LogP contribution in [0.3, 0.4) is 0 Å². The van der Waals surface area contributed by atoms with Gasteiger partial charge in [-0.05, 0) is 54.8 Å². The van der Waals surface area contributed by atoms with E-state index in [9.17, 15) is 14.4 Å². The Labute approximate surface area is 186 Å². The monoisotopic (exact) mass is 432 g/mol. The molecule has 1 N–H and O–H groups in total. The summed E-state index contributed by atoms with van der Waals surface area (Å²) in [7, 11) is 0. The van der Waals surface area contributed by atoms with Crippen LogP contribution in [-0.2, 0) is 16.1 Å². The van der Waals surface area contributed by atoms with Crippen LogP contribution in [0, 0.1) is 5.92 Å². The summed E-state index contributed by atoms with van der Waals surface area (Å²) in [5.74, 6) is -0.832. The number of rotatable bonds is 6. The molecule has 0 spiro atoms. The van der Waals surface area contributed by atoms with Gasteiger partial charge in [-0.15, -0.1) is 0 Å². The van der Waals surface area contributed by atoms with E-state index in [1.165, 1.54) is 6.26 Å². The summed E-state index contributed by atoms with van der Waals surface area (Å²) in [5, 5.41) is 2.83. The van der Waals surface area contributed by atoms with Gasteiger partial charge in [-0.3, -0.25) is 14.4 Å². The van der Waals surface area contributed by atoms with E-state index >= 15 is 0 Å². The quantitative estimate of drug-likeness (QED) is 0.592. The van der Waals surface area contributed by atoms with E-state index < -0.39 is 0 Å².